The van der Waals surface area contributed by atoms with E-state index in [1.54, 1.807) is 0 Å². The van der Waals surface area contributed by atoms with Crippen molar-refractivity contribution in [2.45, 2.75) is 20.3 Å². The van der Waals surface area contributed by atoms with Crippen molar-refractivity contribution in [1.82, 2.24) is 0 Å². The van der Waals surface area contributed by atoms with Crippen LogP contribution >= 0.6 is 0 Å². The van der Waals surface area contributed by atoms with Crippen molar-refractivity contribution in [2.75, 3.05) is 0 Å². The summed E-state index contributed by atoms with van der Waals surface area (Å²) in [5, 5.41) is 0. The first-order valence-corrected chi connectivity index (χ1v) is 4.90. The maximum absolute atomic E-state index is 4.61. The number of nitrogens with zero attached hydrogens (tertiary/aromatic N) is 1. The Morgan fingerprint density at radius 2 is 2.08 bits per heavy atom. The zero-order valence-corrected chi connectivity index (χ0v) is 8.25. The Bertz CT molecular complexity index is 342. The number of rotatable bonds is 2. The lowest BCUT2D eigenvalue weighted by Gasteiger charge is -2.01. The number of hydrogen-bond donors (Lipinski definition) is 0. The van der Waals surface area contributed by atoms with Gasteiger partial charge in [-0.25, -0.2) is 0 Å². The fourth-order valence-electron chi connectivity index (χ4n) is 1.79. The van der Waals surface area contributed by atoms with Crippen LogP contribution in [0.4, 0.5) is 5.69 Å². The predicted octanol–water partition coefficient (Wildman–Crippen LogP) is 1.84. The topological polar surface area (TPSA) is 12.4 Å². The molecule has 1 heterocycles. The van der Waals surface area contributed by atoms with E-state index in [1.165, 1.54) is 16.8 Å². The fourth-order valence-corrected chi connectivity index (χ4v) is 1.79. The van der Waals surface area contributed by atoms with Crippen LogP contribution in [-0.2, 0) is 0 Å². The molecular formula is C11H14BN. The second-order valence-electron chi connectivity index (χ2n) is 4.08. The molecule has 1 aliphatic rings. The second-order valence-corrected chi connectivity index (χ2v) is 4.08. The van der Waals surface area contributed by atoms with Gasteiger partial charge in [0.25, 0.3) is 0 Å². The number of hydrogen-bond acceptors (Lipinski definition) is 1. The molecule has 1 aromatic rings. The lowest BCUT2D eigenvalue weighted by atomic mass is 9.65. The van der Waals surface area contributed by atoms with Gasteiger partial charge < -0.3 is 0 Å². The number of fused-ring (bicyclic) bond motifs is 1. The van der Waals surface area contributed by atoms with Crippen molar-refractivity contribution in [3.05, 3.63) is 24.3 Å². The molecule has 0 radical (unpaired) electrons. The van der Waals surface area contributed by atoms with Crippen LogP contribution < -0.4 is 5.46 Å². The van der Waals surface area contributed by atoms with Gasteiger partial charge in [-0.1, -0.05) is 37.5 Å². The van der Waals surface area contributed by atoms with Gasteiger partial charge in [-0.3, -0.25) is 4.99 Å². The van der Waals surface area contributed by atoms with Crippen LogP contribution in [0, 0.1) is 5.92 Å². The Kier molecular flexibility index (Phi) is 2.21. The molecule has 1 aliphatic heterocycles. The standard InChI is InChI=1S/C11H14BN/c1-8(2)7-11-12-9-5-3-4-6-10(9)13-11/h3-6,8,12H,7H2,1-2H3. The summed E-state index contributed by atoms with van der Waals surface area (Å²) in [4.78, 5) is 4.61. The van der Waals surface area contributed by atoms with E-state index in [1.807, 2.05) is 0 Å². The minimum Gasteiger partial charge on any atom is -0.268 e. The van der Waals surface area contributed by atoms with Crippen LogP contribution in [0.1, 0.15) is 20.3 Å². The van der Waals surface area contributed by atoms with E-state index in [2.05, 4.69) is 43.1 Å². The van der Waals surface area contributed by atoms with Gasteiger partial charge in [0.05, 0.1) is 5.69 Å². The van der Waals surface area contributed by atoms with Gasteiger partial charge in [0, 0.05) is 0 Å². The minimum absolute atomic E-state index is 0.716. The van der Waals surface area contributed by atoms with Crippen LogP contribution in [0.25, 0.3) is 0 Å². The van der Waals surface area contributed by atoms with E-state index in [0.717, 1.165) is 13.7 Å². The minimum atomic E-state index is 0.716. The lowest BCUT2D eigenvalue weighted by molar-refractivity contribution is 0.688. The first-order chi connectivity index (χ1) is 6.25. The van der Waals surface area contributed by atoms with Gasteiger partial charge in [-0.15, -0.1) is 0 Å². The number of para-hydroxylation sites is 1. The largest absolute Gasteiger partial charge is 0.268 e. The molecule has 13 heavy (non-hydrogen) atoms. The Hall–Kier alpha value is -1.05. The van der Waals surface area contributed by atoms with Gasteiger partial charge in [-0.05, 0) is 24.0 Å². The van der Waals surface area contributed by atoms with E-state index in [9.17, 15) is 0 Å². The van der Waals surface area contributed by atoms with Gasteiger partial charge in [-0.2, -0.15) is 0 Å². The summed E-state index contributed by atoms with van der Waals surface area (Å²) in [6.07, 6.45) is 1.13. The third kappa shape index (κ3) is 1.82. The molecule has 66 valence electrons. The maximum atomic E-state index is 4.61. The lowest BCUT2D eigenvalue weighted by Crippen LogP contribution is -2.18. The Balaban J connectivity index is 2.17. The molecule has 0 atom stereocenters. The summed E-state index contributed by atoms with van der Waals surface area (Å²) in [7, 11) is 1.06. The highest BCUT2D eigenvalue weighted by molar-refractivity contribution is 6.88. The normalized spacial score (nSPS) is 13.9. The van der Waals surface area contributed by atoms with Crippen LogP contribution in [0.2, 0.25) is 0 Å². The second kappa shape index (κ2) is 3.37. The molecule has 0 N–H and O–H groups in total. The summed E-state index contributed by atoms with van der Waals surface area (Å²) in [6, 6.07) is 8.42. The van der Waals surface area contributed by atoms with Gasteiger partial charge in [0.2, 0.25) is 7.28 Å². The molecule has 2 heteroatoms. The predicted molar refractivity (Wildman–Crippen MR) is 59.8 cm³/mol. The monoisotopic (exact) mass is 171 g/mol. The Morgan fingerprint density at radius 3 is 2.77 bits per heavy atom. The molecule has 0 amide bonds. The molecule has 0 unspecified atom stereocenters. The van der Waals surface area contributed by atoms with Crippen LogP contribution in [0.5, 0.6) is 0 Å². The average molecular weight is 171 g/mol. The third-order valence-corrected chi connectivity index (χ3v) is 2.31. The summed E-state index contributed by atoms with van der Waals surface area (Å²) >= 11 is 0. The highest BCUT2D eigenvalue weighted by Crippen LogP contribution is 2.16. The summed E-state index contributed by atoms with van der Waals surface area (Å²) in [6.45, 7) is 4.48. The highest BCUT2D eigenvalue weighted by Gasteiger charge is 2.15. The third-order valence-electron chi connectivity index (χ3n) is 2.31. The smallest absolute Gasteiger partial charge is 0.213 e. The number of aliphatic imine (C=N–C) groups is 1. The maximum Gasteiger partial charge on any atom is 0.213 e. The van der Waals surface area contributed by atoms with E-state index in [-0.39, 0.29) is 0 Å². The summed E-state index contributed by atoms with van der Waals surface area (Å²) in [5.74, 6) is 0.716. The van der Waals surface area contributed by atoms with E-state index in [4.69, 9.17) is 0 Å². The fraction of sp³-hybridized carbons (Fsp3) is 0.364. The SMILES string of the molecule is CC(C)CC1=Nc2ccccc2B1. The van der Waals surface area contributed by atoms with Crippen LogP contribution in [-0.4, -0.2) is 12.9 Å². The number of benzene rings is 1. The molecule has 0 fully saturated rings. The quantitative estimate of drug-likeness (QED) is 0.602. The first-order valence-electron chi connectivity index (χ1n) is 4.90. The van der Waals surface area contributed by atoms with Crippen molar-refractivity contribution in [2.24, 2.45) is 10.9 Å². The van der Waals surface area contributed by atoms with Crippen molar-refractivity contribution < 1.29 is 0 Å². The molecule has 0 saturated carbocycles. The Labute approximate surface area is 80.1 Å². The molecule has 1 aromatic carbocycles. The molecule has 0 bridgehead atoms. The summed E-state index contributed by atoms with van der Waals surface area (Å²) in [5.41, 5.74) is 3.91. The van der Waals surface area contributed by atoms with Gasteiger partial charge in [0.1, 0.15) is 0 Å². The summed E-state index contributed by atoms with van der Waals surface area (Å²) < 4.78 is 0. The molecule has 1 nitrogen and oxygen atoms in total. The van der Waals surface area contributed by atoms with Crippen molar-refractivity contribution in [1.29, 1.82) is 0 Å². The molecule has 0 spiro atoms. The molecule has 0 saturated heterocycles. The van der Waals surface area contributed by atoms with E-state index < -0.39 is 0 Å². The molecule has 0 aliphatic carbocycles. The van der Waals surface area contributed by atoms with Gasteiger partial charge in [0.15, 0.2) is 0 Å². The van der Waals surface area contributed by atoms with Gasteiger partial charge >= 0.3 is 0 Å². The molecular weight excluding hydrogens is 157 g/mol. The van der Waals surface area contributed by atoms with E-state index >= 15 is 0 Å². The van der Waals surface area contributed by atoms with Crippen LogP contribution in [0.15, 0.2) is 29.3 Å². The highest BCUT2D eigenvalue weighted by atomic mass is 14.8. The Morgan fingerprint density at radius 1 is 1.31 bits per heavy atom. The first kappa shape index (κ1) is 8.55. The molecule has 0 aromatic heterocycles. The average Bonchev–Trinajstić information content (AvgIpc) is 2.44. The van der Waals surface area contributed by atoms with Crippen molar-refractivity contribution >= 4 is 24.0 Å². The van der Waals surface area contributed by atoms with Crippen LogP contribution in [0.3, 0.4) is 0 Å². The van der Waals surface area contributed by atoms with Crippen molar-refractivity contribution in [3.63, 3.8) is 0 Å². The molecule has 2 rings (SSSR count). The zero-order chi connectivity index (χ0) is 9.26. The van der Waals surface area contributed by atoms with Crippen molar-refractivity contribution in [3.8, 4) is 0 Å². The van der Waals surface area contributed by atoms with E-state index in [0.29, 0.717) is 5.92 Å². The zero-order valence-electron chi connectivity index (χ0n) is 8.25.